The summed E-state index contributed by atoms with van der Waals surface area (Å²) in [6.07, 6.45) is 3.27. The predicted molar refractivity (Wildman–Crippen MR) is 126 cm³/mol. The quantitative estimate of drug-likeness (QED) is 0.357. The molecule has 2 N–H and O–H groups in total. The van der Waals surface area contributed by atoms with Crippen molar-refractivity contribution >= 4 is 35.8 Å². The highest BCUT2D eigenvalue weighted by atomic mass is 127. The summed E-state index contributed by atoms with van der Waals surface area (Å²) in [7, 11) is 1.84. The second kappa shape index (κ2) is 11.0. The minimum absolute atomic E-state index is 0. The summed E-state index contributed by atoms with van der Waals surface area (Å²) in [5.74, 6) is 1.13. The van der Waals surface area contributed by atoms with Gasteiger partial charge in [-0.1, -0.05) is 29.3 Å². The van der Waals surface area contributed by atoms with E-state index in [0.717, 1.165) is 57.9 Å². The molecule has 7 heteroatoms. The van der Waals surface area contributed by atoms with Gasteiger partial charge in [-0.3, -0.25) is 14.7 Å². The van der Waals surface area contributed by atoms with Crippen LogP contribution in [0.3, 0.4) is 0 Å². The van der Waals surface area contributed by atoms with Crippen molar-refractivity contribution in [3.8, 4) is 0 Å². The molecule has 1 saturated carbocycles. The third kappa shape index (κ3) is 7.24. The lowest BCUT2D eigenvalue weighted by Gasteiger charge is -2.36. The number of hydrogen-bond donors (Lipinski definition) is 2. The number of hydrogen-bond acceptors (Lipinski definition) is 3. The Morgan fingerprint density at radius 1 is 1.11 bits per heavy atom. The molecule has 1 aromatic carbocycles. The van der Waals surface area contributed by atoms with E-state index in [1.807, 2.05) is 7.05 Å². The lowest BCUT2D eigenvalue weighted by Crippen LogP contribution is -2.54. The monoisotopic (exact) mass is 499 g/mol. The zero-order chi connectivity index (χ0) is 19.2. The molecule has 1 amide bonds. The summed E-state index contributed by atoms with van der Waals surface area (Å²) in [5.41, 5.74) is 3.99. The number of piperazine rings is 1. The number of benzene rings is 1. The Hall–Kier alpha value is -1.35. The van der Waals surface area contributed by atoms with Crippen LogP contribution in [0.15, 0.2) is 23.2 Å². The summed E-state index contributed by atoms with van der Waals surface area (Å²) in [5, 5.41) is 6.56. The van der Waals surface area contributed by atoms with Gasteiger partial charge in [0.15, 0.2) is 5.96 Å². The first-order valence-electron chi connectivity index (χ1n) is 10.1. The van der Waals surface area contributed by atoms with Gasteiger partial charge in [-0.15, -0.1) is 24.0 Å². The fraction of sp³-hybridized carbons (Fsp3) is 0.619. The van der Waals surface area contributed by atoms with Gasteiger partial charge in [0.25, 0.3) is 0 Å². The molecule has 0 bridgehead atoms. The van der Waals surface area contributed by atoms with E-state index in [4.69, 9.17) is 0 Å². The fourth-order valence-corrected chi connectivity index (χ4v) is 3.69. The molecule has 6 nitrogen and oxygen atoms in total. The highest BCUT2D eigenvalue weighted by molar-refractivity contribution is 14.0. The van der Waals surface area contributed by atoms with Gasteiger partial charge in [0.05, 0.1) is 6.54 Å². The first-order chi connectivity index (χ1) is 13.0. The average Bonchev–Trinajstić information content (AvgIpc) is 3.43. The Morgan fingerprint density at radius 3 is 2.32 bits per heavy atom. The Morgan fingerprint density at radius 2 is 1.75 bits per heavy atom. The van der Waals surface area contributed by atoms with Crippen LogP contribution >= 0.6 is 24.0 Å². The van der Waals surface area contributed by atoms with E-state index in [2.05, 4.69) is 57.5 Å². The summed E-state index contributed by atoms with van der Waals surface area (Å²) in [6.45, 7) is 9.29. The normalized spacial score (nSPS) is 17.8. The van der Waals surface area contributed by atoms with E-state index in [9.17, 15) is 4.79 Å². The Labute approximate surface area is 186 Å². The van der Waals surface area contributed by atoms with Crippen LogP contribution in [0.5, 0.6) is 0 Å². The van der Waals surface area contributed by atoms with Crippen molar-refractivity contribution < 1.29 is 4.79 Å². The molecule has 156 valence electrons. The minimum atomic E-state index is 0. The Kier molecular flexibility index (Phi) is 9.01. The average molecular weight is 499 g/mol. The first-order valence-corrected chi connectivity index (χ1v) is 10.1. The molecule has 2 aliphatic rings. The molecule has 3 rings (SSSR count). The molecule has 1 aliphatic heterocycles. The van der Waals surface area contributed by atoms with Crippen LogP contribution in [0.25, 0.3) is 0 Å². The number of halogens is 1. The molecule has 2 fully saturated rings. The van der Waals surface area contributed by atoms with E-state index in [0.29, 0.717) is 12.6 Å². The number of amides is 1. The highest BCUT2D eigenvalue weighted by Crippen LogP contribution is 2.18. The predicted octanol–water partition coefficient (Wildman–Crippen LogP) is 1.94. The fourth-order valence-electron chi connectivity index (χ4n) is 3.69. The van der Waals surface area contributed by atoms with Crippen LogP contribution in [0.1, 0.15) is 29.5 Å². The molecule has 1 heterocycles. The molecule has 28 heavy (non-hydrogen) atoms. The van der Waals surface area contributed by atoms with Crippen molar-refractivity contribution in [2.45, 2.75) is 39.2 Å². The number of guanidine groups is 1. The van der Waals surface area contributed by atoms with Gasteiger partial charge in [-0.25, -0.2) is 0 Å². The zero-order valence-corrected chi connectivity index (χ0v) is 19.7. The first kappa shape index (κ1) is 22.9. The van der Waals surface area contributed by atoms with E-state index >= 15 is 0 Å². The topological polar surface area (TPSA) is 60.0 Å². The number of aliphatic imine (C=N–C) groups is 1. The number of aryl methyl sites for hydroxylation is 2. The molecule has 0 radical (unpaired) electrons. The Balaban J connectivity index is 0.00000280. The number of nitrogens with zero attached hydrogens (tertiary/aromatic N) is 3. The van der Waals surface area contributed by atoms with Crippen LogP contribution in [0, 0.1) is 13.8 Å². The van der Waals surface area contributed by atoms with E-state index < -0.39 is 0 Å². The standard InChI is InChI=1S/C21H33N5O.HI/c1-16-12-17(2)14-18(13-16)6-7-23-21(22-3)26-10-8-25(9-11-26)15-20(27)24-19-4-5-19;/h12-14,19H,4-11,15H2,1-3H3,(H,22,23)(H,24,27);1H. The van der Waals surface area contributed by atoms with Gasteiger partial charge in [-0.2, -0.15) is 0 Å². The molecule has 0 aromatic heterocycles. The number of carbonyl (C=O) groups is 1. The number of nitrogens with one attached hydrogen (secondary N) is 2. The molecular weight excluding hydrogens is 465 g/mol. The SMILES string of the molecule is CN=C(NCCc1cc(C)cc(C)c1)N1CCN(CC(=O)NC2CC2)CC1.I. The van der Waals surface area contributed by atoms with Crippen LogP contribution in [0.2, 0.25) is 0 Å². The van der Waals surface area contributed by atoms with Crippen LogP contribution in [0.4, 0.5) is 0 Å². The summed E-state index contributed by atoms with van der Waals surface area (Å²) < 4.78 is 0. The van der Waals surface area contributed by atoms with Gasteiger partial charge < -0.3 is 15.5 Å². The second-order valence-corrected chi connectivity index (χ2v) is 7.82. The van der Waals surface area contributed by atoms with Crippen LogP contribution < -0.4 is 10.6 Å². The van der Waals surface area contributed by atoms with Crippen molar-refractivity contribution in [1.29, 1.82) is 0 Å². The van der Waals surface area contributed by atoms with Crippen molar-refractivity contribution in [1.82, 2.24) is 20.4 Å². The van der Waals surface area contributed by atoms with E-state index in [1.165, 1.54) is 16.7 Å². The maximum Gasteiger partial charge on any atom is 0.234 e. The van der Waals surface area contributed by atoms with Gasteiger partial charge in [0.1, 0.15) is 0 Å². The third-order valence-corrected chi connectivity index (χ3v) is 5.17. The van der Waals surface area contributed by atoms with Crippen LogP contribution in [-0.2, 0) is 11.2 Å². The lowest BCUT2D eigenvalue weighted by molar-refractivity contribution is -0.122. The second-order valence-electron chi connectivity index (χ2n) is 7.82. The number of carbonyl (C=O) groups excluding carboxylic acids is 1. The molecule has 1 saturated heterocycles. The largest absolute Gasteiger partial charge is 0.356 e. The van der Waals surface area contributed by atoms with Gasteiger partial charge in [0.2, 0.25) is 5.91 Å². The van der Waals surface area contributed by atoms with Gasteiger partial charge >= 0.3 is 0 Å². The molecule has 0 atom stereocenters. The third-order valence-electron chi connectivity index (χ3n) is 5.17. The maximum absolute atomic E-state index is 12.0. The van der Waals surface area contributed by atoms with Gasteiger partial charge in [-0.05, 0) is 38.7 Å². The molecular formula is C21H34IN5O. The van der Waals surface area contributed by atoms with Crippen LogP contribution in [-0.4, -0.2) is 74.0 Å². The van der Waals surface area contributed by atoms with Gasteiger partial charge in [0, 0.05) is 45.8 Å². The molecule has 1 aliphatic carbocycles. The Bertz CT molecular complexity index is 661. The maximum atomic E-state index is 12.0. The zero-order valence-electron chi connectivity index (χ0n) is 17.3. The molecule has 1 aromatic rings. The summed E-state index contributed by atoms with van der Waals surface area (Å²) >= 11 is 0. The van der Waals surface area contributed by atoms with Crippen molar-refractivity contribution in [3.05, 3.63) is 34.9 Å². The molecule has 0 unspecified atom stereocenters. The lowest BCUT2D eigenvalue weighted by atomic mass is 10.1. The van der Waals surface area contributed by atoms with E-state index in [1.54, 1.807) is 0 Å². The summed E-state index contributed by atoms with van der Waals surface area (Å²) in [6, 6.07) is 7.16. The minimum Gasteiger partial charge on any atom is -0.356 e. The molecule has 0 spiro atoms. The summed E-state index contributed by atoms with van der Waals surface area (Å²) in [4.78, 5) is 20.9. The highest BCUT2D eigenvalue weighted by Gasteiger charge is 2.25. The van der Waals surface area contributed by atoms with E-state index in [-0.39, 0.29) is 29.9 Å². The van der Waals surface area contributed by atoms with Crippen molar-refractivity contribution in [3.63, 3.8) is 0 Å². The van der Waals surface area contributed by atoms with Crippen molar-refractivity contribution in [2.75, 3.05) is 46.3 Å². The van der Waals surface area contributed by atoms with Crippen molar-refractivity contribution in [2.24, 2.45) is 4.99 Å². The number of rotatable bonds is 6. The smallest absolute Gasteiger partial charge is 0.234 e.